The number of anilines is 2. The summed E-state index contributed by atoms with van der Waals surface area (Å²) in [5.41, 5.74) is 0.408. The molecule has 10 heteroatoms. The molecule has 1 heterocycles. The Morgan fingerprint density at radius 1 is 1.09 bits per heavy atom. The van der Waals surface area contributed by atoms with Crippen molar-refractivity contribution in [1.29, 1.82) is 0 Å². The summed E-state index contributed by atoms with van der Waals surface area (Å²) >= 11 is 1.25. The van der Waals surface area contributed by atoms with Gasteiger partial charge in [0.1, 0.15) is 17.6 Å². The largest absolute Gasteiger partial charge is 0.497 e. The lowest BCUT2D eigenvalue weighted by molar-refractivity contribution is -0.127. The zero-order chi connectivity index (χ0) is 25.4. The third kappa shape index (κ3) is 6.86. The number of benzene rings is 2. The van der Waals surface area contributed by atoms with Gasteiger partial charge in [-0.05, 0) is 43.7 Å². The quantitative estimate of drug-likeness (QED) is 0.434. The summed E-state index contributed by atoms with van der Waals surface area (Å²) in [6.45, 7) is 3.59. The Balaban J connectivity index is 1.96. The highest BCUT2D eigenvalue weighted by Crippen LogP contribution is 2.32. The van der Waals surface area contributed by atoms with Crippen molar-refractivity contribution in [3.8, 4) is 5.75 Å². The van der Waals surface area contributed by atoms with Crippen LogP contribution in [0.4, 0.5) is 15.2 Å². The van der Waals surface area contributed by atoms with Crippen LogP contribution in [0.3, 0.4) is 0 Å². The molecule has 3 amide bonds. The Kier molecular flexibility index (Phi) is 8.91. The molecule has 0 fully saturated rings. The lowest BCUT2D eigenvalue weighted by atomic mass is 10.0. The fraction of sp³-hybridized carbons (Fsp3) is 0.280. The van der Waals surface area contributed by atoms with Crippen molar-refractivity contribution in [2.24, 2.45) is 0 Å². The molecule has 0 aliphatic heterocycles. The number of rotatable bonds is 10. The SMILES string of the molecule is COc1ccc(C(C(=O)NC(C)C)N(C(=O)CCC(=O)Nc2nccs2)c2ccccc2F)cc1. The van der Waals surface area contributed by atoms with Gasteiger partial charge in [-0.3, -0.25) is 19.3 Å². The number of carbonyl (C=O) groups is 3. The molecule has 1 atom stereocenters. The van der Waals surface area contributed by atoms with Crippen LogP contribution >= 0.6 is 11.3 Å². The molecule has 2 N–H and O–H groups in total. The molecule has 1 aromatic heterocycles. The van der Waals surface area contributed by atoms with Gasteiger partial charge in [0.15, 0.2) is 5.13 Å². The molecule has 0 aliphatic carbocycles. The molecule has 3 aromatic rings. The van der Waals surface area contributed by atoms with Gasteiger partial charge in [-0.15, -0.1) is 11.3 Å². The van der Waals surface area contributed by atoms with E-state index in [0.717, 1.165) is 4.90 Å². The zero-order valence-corrected chi connectivity index (χ0v) is 20.5. The molecule has 0 bridgehead atoms. The van der Waals surface area contributed by atoms with E-state index in [2.05, 4.69) is 15.6 Å². The Labute approximate surface area is 207 Å². The minimum atomic E-state index is -1.17. The number of hydrogen-bond acceptors (Lipinski definition) is 6. The standard InChI is InChI=1S/C25H27FN4O4S/c1-16(2)28-24(33)23(17-8-10-18(34-3)11-9-17)30(20-7-5-4-6-19(20)26)22(32)13-12-21(31)29-25-27-14-15-35-25/h4-11,14-16,23H,12-13H2,1-3H3,(H,28,33)(H,27,29,31). The number of aromatic nitrogens is 1. The Hall–Kier alpha value is -3.79. The number of nitrogens with one attached hydrogen (secondary N) is 2. The van der Waals surface area contributed by atoms with E-state index in [4.69, 9.17) is 4.74 Å². The molecular formula is C25H27FN4O4S. The van der Waals surface area contributed by atoms with Gasteiger partial charge in [0.05, 0.1) is 12.8 Å². The van der Waals surface area contributed by atoms with Crippen LogP contribution in [0, 0.1) is 5.82 Å². The van der Waals surface area contributed by atoms with Gasteiger partial charge in [-0.2, -0.15) is 0 Å². The van der Waals surface area contributed by atoms with Crippen molar-refractivity contribution in [3.05, 3.63) is 71.5 Å². The highest BCUT2D eigenvalue weighted by atomic mass is 32.1. The lowest BCUT2D eigenvalue weighted by Gasteiger charge is -2.32. The molecule has 35 heavy (non-hydrogen) atoms. The van der Waals surface area contributed by atoms with Crippen LogP contribution < -0.4 is 20.3 Å². The van der Waals surface area contributed by atoms with Crippen molar-refractivity contribution < 1.29 is 23.5 Å². The third-order valence-electron chi connectivity index (χ3n) is 4.99. The number of nitrogens with zero attached hydrogens (tertiary/aromatic N) is 2. The molecule has 3 rings (SSSR count). The third-order valence-corrected chi connectivity index (χ3v) is 5.68. The van der Waals surface area contributed by atoms with Crippen molar-refractivity contribution in [1.82, 2.24) is 10.3 Å². The first-order chi connectivity index (χ1) is 16.8. The molecule has 0 spiro atoms. The minimum Gasteiger partial charge on any atom is -0.497 e. The Bertz CT molecular complexity index is 1150. The molecule has 184 valence electrons. The van der Waals surface area contributed by atoms with E-state index in [1.54, 1.807) is 55.8 Å². The van der Waals surface area contributed by atoms with Crippen LogP contribution in [0.15, 0.2) is 60.1 Å². The zero-order valence-electron chi connectivity index (χ0n) is 19.7. The first kappa shape index (κ1) is 25.8. The van der Waals surface area contributed by atoms with Crippen molar-refractivity contribution >= 4 is 39.9 Å². The molecule has 2 aromatic carbocycles. The average Bonchev–Trinajstić information content (AvgIpc) is 3.34. The number of amides is 3. The maximum atomic E-state index is 14.9. The van der Waals surface area contributed by atoms with Crippen LogP contribution in [0.2, 0.25) is 0 Å². The van der Waals surface area contributed by atoms with E-state index in [0.29, 0.717) is 16.4 Å². The highest BCUT2D eigenvalue weighted by molar-refractivity contribution is 7.13. The number of para-hydroxylation sites is 1. The molecule has 1 unspecified atom stereocenters. The fourth-order valence-corrected chi connectivity index (χ4v) is 3.98. The van der Waals surface area contributed by atoms with Crippen molar-refractivity contribution in [2.75, 3.05) is 17.3 Å². The number of thiazole rings is 1. The second-order valence-electron chi connectivity index (χ2n) is 7.94. The van der Waals surface area contributed by atoms with Crippen molar-refractivity contribution in [2.45, 2.75) is 38.8 Å². The number of ether oxygens (including phenoxy) is 1. The maximum absolute atomic E-state index is 14.9. The molecular weight excluding hydrogens is 471 g/mol. The smallest absolute Gasteiger partial charge is 0.248 e. The first-order valence-corrected chi connectivity index (χ1v) is 11.9. The number of carbonyl (C=O) groups excluding carboxylic acids is 3. The van der Waals surface area contributed by atoms with Gasteiger partial charge in [0.2, 0.25) is 17.7 Å². The summed E-state index contributed by atoms with van der Waals surface area (Å²) < 4.78 is 20.1. The van der Waals surface area contributed by atoms with Gasteiger partial charge >= 0.3 is 0 Å². The number of halogens is 1. The molecule has 0 aliphatic rings. The molecule has 0 saturated heterocycles. The number of methoxy groups -OCH3 is 1. The minimum absolute atomic E-state index is 0.0578. The molecule has 8 nitrogen and oxygen atoms in total. The lowest BCUT2D eigenvalue weighted by Crippen LogP contribution is -2.46. The van der Waals surface area contributed by atoms with E-state index in [1.165, 1.54) is 36.6 Å². The Morgan fingerprint density at radius 3 is 2.40 bits per heavy atom. The summed E-state index contributed by atoms with van der Waals surface area (Å²) in [6.07, 6.45) is 1.15. The average molecular weight is 499 g/mol. The van der Waals surface area contributed by atoms with Crippen LogP contribution in [0.1, 0.15) is 38.3 Å². The van der Waals surface area contributed by atoms with Crippen LogP contribution in [0.5, 0.6) is 5.75 Å². The number of hydrogen-bond donors (Lipinski definition) is 2. The summed E-state index contributed by atoms with van der Waals surface area (Å²) in [7, 11) is 1.52. The van der Waals surface area contributed by atoms with E-state index in [-0.39, 0.29) is 24.6 Å². The van der Waals surface area contributed by atoms with Gasteiger partial charge in [-0.25, -0.2) is 9.37 Å². The summed E-state index contributed by atoms with van der Waals surface area (Å²) in [4.78, 5) is 44.3. The fourth-order valence-electron chi connectivity index (χ4n) is 3.44. The first-order valence-electron chi connectivity index (χ1n) is 11.0. The van der Waals surface area contributed by atoms with Crippen LogP contribution in [0.25, 0.3) is 0 Å². The maximum Gasteiger partial charge on any atom is 0.248 e. The van der Waals surface area contributed by atoms with Gasteiger partial charge in [-0.1, -0.05) is 24.3 Å². The van der Waals surface area contributed by atoms with E-state index in [9.17, 15) is 18.8 Å². The summed E-state index contributed by atoms with van der Waals surface area (Å²) in [5, 5.41) is 7.57. The van der Waals surface area contributed by atoms with E-state index >= 15 is 0 Å². The van der Waals surface area contributed by atoms with Crippen LogP contribution in [-0.2, 0) is 14.4 Å². The Morgan fingerprint density at radius 2 is 1.80 bits per heavy atom. The van der Waals surface area contributed by atoms with E-state index in [1.807, 2.05) is 0 Å². The predicted molar refractivity (Wildman–Crippen MR) is 133 cm³/mol. The summed E-state index contributed by atoms with van der Waals surface area (Å²) in [6, 6.07) is 11.0. The molecule has 0 radical (unpaired) electrons. The van der Waals surface area contributed by atoms with Crippen molar-refractivity contribution in [3.63, 3.8) is 0 Å². The van der Waals surface area contributed by atoms with Gasteiger partial charge < -0.3 is 15.4 Å². The van der Waals surface area contributed by atoms with Gasteiger partial charge in [0, 0.05) is 30.5 Å². The monoisotopic (exact) mass is 498 g/mol. The van der Waals surface area contributed by atoms with Crippen LogP contribution in [-0.4, -0.2) is 35.9 Å². The summed E-state index contributed by atoms with van der Waals surface area (Å²) in [5.74, 6) is -1.56. The molecule has 0 saturated carbocycles. The predicted octanol–water partition coefficient (Wildman–Crippen LogP) is 4.31. The van der Waals surface area contributed by atoms with E-state index < -0.39 is 29.6 Å². The topological polar surface area (TPSA) is 101 Å². The normalized spacial score (nSPS) is 11.6. The second-order valence-corrected chi connectivity index (χ2v) is 8.83. The second kappa shape index (κ2) is 12.1. The highest BCUT2D eigenvalue weighted by Gasteiger charge is 2.34. The van der Waals surface area contributed by atoms with Gasteiger partial charge in [0.25, 0.3) is 0 Å².